The van der Waals surface area contributed by atoms with Crippen molar-refractivity contribution in [3.05, 3.63) is 71.3 Å². The van der Waals surface area contributed by atoms with Crippen LogP contribution in [0.15, 0.2) is 54.6 Å². The van der Waals surface area contributed by atoms with Crippen molar-refractivity contribution in [2.75, 3.05) is 13.1 Å². The molecule has 1 atom stereocenters. The average Bonchev–Trinajstić information content (AvgIpc) is 2.72. The van der Waals surface area contributed by atoms with Crippen molar-refractivity contribution in [2.45, 2.75) is 25.7 Å². The summed E-state index contributed by atoms with van der Waals surface area (Å²) >= 11 is 0. The number of aryl methyl sites for hydroxylation is 1. The van der Waals surface area contributed by atoms with Crippen LogP contribution in [0.1, 0.15) is 40.7 Å². The van der Waals surface area contributed by atoms with Gasteiger partial charge >= 0.3 is 0 Å². The molecule has 1 heterocycles. The van der Waals surface area contributed by atoms with Crippen LogP contribution in [0.3, 0.4) is 0 Å². The van der Waals surface area contributed by atoms with Crippen LogP contribution in [0.5, 0.6) is 0 Å². The topological polar surface area (TPSA) is 61.2 Å². The Kier molecular flexibility index (Phi) is 5.80. The second-order valence-electron chi connectivity index (χ2n) is 6.73. The van der Waals surface area contributed by atoms with Crippen LogP contribution in [0.25, 0.3) is 0 Å². The highest BCUT2D eigenvalue weighted by Gasteiger charge is 2.28. The van der Waals surface area contributed by atoms with Crippen molar-refractivity contribution in [3.8, 4) is 6.07 Å². The molecule has 1 aliphatic heterocycles. The summed E-state index contributed by atoms with van der Waals surface area (Å²) in [5, 5.41) is 8.86. The van der Waals surface area contributed by atoms with Crippen LogP contribution in [0, 0.1) is 17.2 Å². The third-order valence-electron chi connectivity index (χ3n) is 4.93. The van der Waals surface area contributed by atoms with Gasteiger partial charge in [-0.15, -0.1) is 0 Å². The highest BCUT2D eigenvalue weighted by Crippen LogP contribution is 2.21. The average molecular weight is 346 g/mol. The number of carbonyl (C=O) groups is 2. The first-order valence-corrected chi connectivity index (χ1v) is 9.03. The van der Waals surface area contributed by atoms with Crippen molar-refractivity contribution in [1.29, 1.82) is 5.26 Å². The summed E-state index contributed by atoms with van der Waals surface area (Å²) in [4.78, 5) is 27.0. The lowest BCUT2D eigenvalue weighted by Crippen LogP contribution is -2.42. The number of hydrogen-bond acceptors (Lipinski definition) is 3. The smallest absolute Gasteiger partial charge is 0.253 e. The Hall–Kier alpha value is -2.93. The molecule has 1 aliphatic rings. The number of piperidine rings is 1. The van der Waals surface area contributed by atoms with Gasteiger partial charge in [-0.3, -0.25) is 9.59 Å². The molecule has 0 saturated carbocycles. The fourth-order valence-corrected chi connectivity index (χ4v) is 3.41. The van der Waals surface area contributed by atoms with E-state index in [-0.39, 0.29) is 17.6 Å². The number of benzene rings is 2. The zero-order chi connectivity index (χ0) is 18.4. The molecule has 3 rings (SSSR count). The number of amides is 1. The van der Waals surface area contributed by atoms with Crippen molar-refractivity contribution < 1.29 is 9.59 Å². The standard InChI is InChI=1S/C22H22N2O2/c23-15-18-8-11-19(12-9-18)22(26)24-14-4-7-20(16-24)21(25)13-10-17-5-2-1-3-6-17/h1-3,5-6,8-9,11-12,20H,4,7,10,13-14,16H2/t20-/m0/s1. The molecular formula is C22H22N2O2. The van der Waals surface area contributed by atoms with E-state index in [1.54, 1.807) is 29.2 Å². The molecule has 1 amide bonds. The summed E-state index contributed by atoms with van der Waals surface area (Å²) < 4.78 is 0. The Bertz CT molecular complexity index is 806. The minimum atomic E-state index is -0.0743. The van der Waals surface area contributed by atoms with E-state index in [0.717, 1.165) is 19.3 Å². The lowest BCUT2D eigenvalue weighted by atomic mass is 9.90. The lowest BCUT2D eigenvalue weighted by molar-refractivity contribution is -0.124. The van der Waals surface area contributed by atoms with E-state index in [1.165, 1.54) is 5.56 Å². The first-order valence-electron chi connectivity index (χ1n) is 9.03. The maximum atomic E-state index is 12.7. The highest BCUT2D eigenvalue weighted by atomic mass is 16.2. The maximum Gasteiger partial charge on any atom is 0.253 e. The third-order valence-corrected chi connectivity index (χ3v) is 4.93. The van der Waals surface area contributed by atoms with E-state index in [0.29, 0.717) is 30.6 Å². The predicted octanol–water partition coefficient (Wildman–Crippen LogP) is 3.61. The fraction of sp³-hybridized carbons (Fsp3) is 0.318. The van der Waals surface area contributed by atoms with Crippen LogP contribution in [-0.4, -0.2) is 29.7 Å². The van der Waals surface area contributed by atoms with E-state index < -0.39 is 0 Å². The second kappa shape index (κ2) is 8.44. The van der Waals surface area contributed by atoms with Gasteiger partial charge in [-0.25, -0.2) is 0 Å². The van der Waals surface area contributed by atoms with Gasteiger partial charge in [-0.2, -0.15) is 5.26 Å². The van der Waals surface area contributed by atoms with Crippen molar-refractivity contribution in [2.24, 2.45) is 5.92 Å². The van der Waals surface area contributed by atoms with Gasteiger partial charge in [-0.05, 0) is 49.1 Å². The fourth-order valence-electron chi connectivity index (χ4n) is 3.41. The van der Waals surface area contributed by atoms with Gasteiger partial charge in [0.1, 0.15) is 5.78 Å². The third kappa shape index (κ3) is 4.37. The molecule has 1 fully saturated rings. The van der Waals surface area contributed by atoms with Crippen molar-refractivity contribution >= 4 is 11.7 Å². The monoisotopic (exact) mass is 346 g/mol. The Morgan fingerprint density at radius 1 is 1.08 bits per heavy atom. The summed E-state index contributed by atoms with van der Waals surface area (Å²) in [6.45, 7) is 1.17. The Morgan fingerprint density at radius 3 is 2.50 bits per heavy atom. The van der Waals surface area contributed by atoms with Crippen LogP contribution in [-0.2, 0) is 11.2 Å². The number of rotatable bonds is 5. The number of likely N-dealkylation sites (tertiary alicyclic amines) is 1. The molecule has 0 bridgehead atoms. The molecule has 132 valence electrons. The second-order valence-corrected chi connectivity index (χ2v) is 6.73. The molecule has 0 spiro atoms. The minimum absolute atomic E-state index is 0.0601. The Morgan fingerprint density at radius 2 is 1.81 bits per heavy atom. The van der Waals surface area contributed by atoms with E-state index in [2.05, 4.69) is 6.07 Å². The van der Waals surface area contributed by atoms with Crippen LogP contribution < -0.4 is 0 Å². The molecule has 0 aromatic heterocycles. The molecule has 0 aliphatic carbocycles. The number of ketones is 1. The maximum absolute atomic E-state index is 12.7. The van der Waals surface area contributed by atoms with Crippen LogP contribution >= 0.6 is 0 Å². The summed E-state index contributed by atoms with van der Waals surface area (Å²) in [7, 11) is 0. The molecular weight excluding hydrogens is 324 g/mol. The van der Waals surface area contributed by atoms with Gasteiger partial charge in [-0.1, -0.05) is 30.3 Å². The molecule has 0 unspecified atom stereocenters. The van der Waals surface area contributed by atoms with Crippen molar-refractivity contribution in [1.82, 2.24) is 4.90 Å². The zero-order valence-corrected chi connectivity index (χ0v) is 14.7. The number of nitrogens with zero attached hydrogens (tertiary/aromatic N) is 2. The van der Waals surface area contributed by atoms with Gasteiger partial charge in [0.25, 0.3) is 5.91 Å². The normalized spacial score (nSPS) is 16.7. The zero-order valence-electron chi connectivity index (χ0n) is 14.7. The summed E-state index contributed by atoms with van der Waals surface area (Å²) in [6, 6.07) is 18.7. The van der Waals surface area contributed by atoms with Crippen molar-refractivity contribution in [3.63, 3.8) is 0 Å². The van der Waals surface area contributed by atoms with Crippen LogP contribution in [0.4, 0.5) is 0 Å². The van der Waals surface area contributed by atoms with E-state index in [9.17, 15) is 9.59 Å². The highest BCUT2D eigenvalue weighted by molar-refractivity contribution is 5.95. The Labute approximate surface area is 154 Å². The molecule has 1 saturated heterocycles. The van der Waals surface area contributed by atoms with Gasteiger partial charge in [0, 0.05) is 31.0 Å². The minimum Gasteiger partial charge on any atom is -0.338 e. The van der Waals surface area contributed by atoms with Gasteiger partial charge in [0.15, 0.2) is 0 Å². The summed E-state index contributed by atoms with van der Waals surface area (Å²) in [5.74, 6) is 0.107. The molecule has 4 heteroatoms. The summed E-state index contributed by atoms with van der Waals surface area (Å²) in [5.41, 5.74) is 2.28. The van der Waals surface area contributed by atoms with E-state index >= 15 is 0 Å². The molecule has 2 aromatic rings. The number of Topliss-reactive ketones (excluding diaryl/α,β-unsaturated/α-hetero) is 1. The molecule has 0 N–H and O–H groups in total. The van der Waals surface area contributed by atoms with E-state index in [1.807, 2.05) is 30.3 Å². The quantitative estimate of drug-likeness (QED) is 0.831. The first kappa shape index (κ1) is 17.9. The number of hydrogen-bond donors (Lipinski definition) is 0. The lowest BCUT2D eigenvalue weighted by Gasteiger charge is -2.32. The molecule has 2 aromatic carbocycles. The number of carbonyl (C=O) groups excluding carboxylic acids is 2. The van der Waals surface area contributed by atoms with Gasteiger partial charge < -0.3 is 4.90 Å². The largest absolute Gasteiger partial charge is 0.338 e. The molecule has 0 radical (unpaired) electrons. The predicted molar refractivity (Wildman–Crippen MR) is 99.6 cm³/mol. The van der Waals surface area contributed by atoms with Gasteiger partial charge in [0.05, 0.1) is 11.6 Å². The van der Waals surface area contributed by atoms with Crippen LogP contribution in [0.2, 0.25) is 0 Å². The van der Waals surface area contributed by atoms with E-state index in [4.69, 9.17) is 5.26 Å². The SMILES string of the molecule is N#Cc1ccc(C(=O)N2CCC[C@H](C(=O)CCc3ccccc3)C2)cc1. The molecule has 4 nitrogen and oxygen atoms in total. The molecule has 26 heavy (non-hydrogen) atoms. The number of nitriles is 1. The van der Waals surface area contributed by atoms with Gasteiger partial charge in [0.2, 0.25) is 0 Å². The summed E-state index contributed by atoms with van der Waals surface area (Å²) in [6.07, 6.45) is 2.97. The Balaban J connectivity index is 1.58. The first-order chi connectivity index (χ1) is 12.7.